The van der Waals surface area contributed by atoms with Crippen molar-refractivity contribution in [2.45, 2.75) is 57.2 Å². The molecule has 0 saturated heterocycles. The van der Waals surface area contributed by atoms with E-state index in [-0.39, 0.29) is 12.2 Å². The lowest BCUT2D eigenvalue weighted by molar-refractivity contribution is 0.0188. The van der Waals surface area contributed by atoms with Crippen LogP contribution >= 0.6 is 0 Å². The molecule has 19 heavy (non-hydrogen) atoms. The van der Waals surface area contributed by atoms with E-state index < -0.39 is 0 Å². The second kappa shape index (κ2) is 6.06. The second-order valence-electron chi connectivity index (χ2n) is 6.08. The minimum atomic E-state index is -0.0914. The molecule has 1 aromatic carbocycles. The summed E-state index contributed by atoms with van der Waals surface area (Å²) >= 11 is 0. The lowest BCUT2D eigenvalue weighted by Gasteiger charge is -2.29. The molecule has 1 saturated carbocycles. The fourth-order valence-corrected chi connectivity index (χ4v) is 3.62. The smallest absolute Gasteiger partial charge is 0.0830 e. The predicted octanol–water partition coefficient (Wildman–Crippen LogP) is 3.63. The van der Waals surface area contributed by atoms with Crippen molar-refractivity contribution in [2.24, 2.45) is 5.92 Å². The summed E-state index contributed by atoms with van der Waals surface area (Å²) < 4.78 is 6.00. The fraction of sp³-hybridized carbons (Fsp3) is 0.647. The SMILES string of the molecule is OC1CCCCC(CC2OCCc3ccccc32)C1. The van der Waals surface area contributed by atoms with Crippen LogP contribution in [0.4, 0.5) is 0 Å². The monoisotopic (exact) mass is 260 g/mol. The summed E-state index contributed by atoms with van der Waals surface area (Å²) in [6.07, 6.45) is 7.91. The van der Waals surface area contributed by atoms with Gasteiger partial charge in [0.1, 0.15) is 0 Å². The molecule has 3 atom stereocenters. The van der Waals surface area contributed by atoms with Crippen LogP contribution in [-0.4, -0.2) is 17.8 Å². The Morgan fingerprint density at radius 2 is 2.00 bits per heavy atom. The van der Waals surface area contributed by atoms with Gasteiger partial charge in [0, 0.05) is 0 Å². The van der Waals surface area contributed by atoms with Crippen molar-refractivity contribution >= 4 is 0 Å². The van der Waals surface area contributed by atoms with Crippen LogP contribution in [0, 0.1) is 5.92 Å². The fourth-order valence-electron chi connectivity index (χ4n) is 3.62. The summed E-state index contributed by atoms with van der Waals surface area (Å²) in [5.74, 6) is 0.619. The Morgan fingerprint density at radius 3 is 2.95 bits per heavy atom. The van der Waals surface area contributed by atoms with Gasteiger partial charge in [-0.15, -0.1) is 0 Å². The normalized spacial score (nSPS) is 31.5. The third-order valence-corrected chi connectivity index (χ3v) is 4.64. The quantitative estimate of drug-likeness (QED) is 0.823. The summed E-state index contributed by atoms with van der Waals surface area (Å²) in [6, 6.07) is 8.68. The topological polar surface area (TPSA) is 29.5 Å². The molecule has 0 amide bonds. The van der Waals surface area contributed by atoms with Gasteiger partial charge < -0.3 is 9.84 Å². The predicted molar refractivity (Wildman–Crippen MR) is 76.0 cm³/mol. The van der Waals surface area contributed by atoms with Crippen LogP contribution in [0.1, 0.15) is 55.8 Å². The maximum atomic E-state index is 9.94. The number of aliphatic hydroxyl groups excluding tert-OH is 1. The molecule has 3 unspecified atom stereocenters. The van der Waals surface area contributed by atoms with Gasteiger partial charge in [0.25, 0.3) is 0 Å². The van der Waals surface area contributed by atoms with Crippen LogP contribution in [0.5, 0.6) is 0 Å². The molecule has 0 radical (unpaired) electrons. The average molecular weight is 260 g/mol. The Bertz CT molecular complexity index is 415. The number of hydrogen-bond donors (Lipinski definition) is 1. The van der Waals surface area contributed by atoms with E-state index in [0.29, 0.717) is 5.92 Å². The van der Waals surface area contributed by atoms with Crippen LogP contribution in [0.25, 0.3) is 0 Å². The molecule has 0 spiro atoms. The third kappa shape index (κ3) is 3.18. The molecule has 0 bridgehead atoms. The molecule has 1 aromatic rings. The number of ether oxygens (including phenoxy) is 1. The first-order valence-electron chi connectivity index (χ1n) is 7.70. The van der Waals surface area contributed by atoms with E-state index in [1.807, 2.05) is 0 Å². The van der Waals surface area contributed by atoms with Gasteiger partial charge in [-0.25, -0.2) is 0 Å². The number of aliphatic hydroxyl groups is 1. The van der Waals surface area contributed by atoms with Gasteiger partial charge in [0.05, 0.1) is 18.8 Å². The molecule has 2 nitrogen and oxygen atoms in total. The van der Waals surface area contributed by atoms with E-state index in [4.69, 9.17) is 4.74 Å². The van der Waals surface area contributed by atoms with Crippen molar-refractivity contribution in [1.82, 2.24) is 0 Å². The van der Waals surface area contributed by atoms with Gasteiger partial charge in [-0.3, -0.25) is 0 Å². The molecule has 2 aliphatic rings. The zero-order valence-corrected chi connectivity index (χ0v) is 11.6. The molecule has 1 N–H and O–H groups in total. The zero-order chi connectivity index (χ0) is 13.1. The van der Waals surface area contributed by atoms with E-state index in [9.17, 15) is 5.11 Å². The highest BCUT2D eigenvalue weighted by atomic mass is 16.5. The van der Waals surface area contributed by atoms with Crippen LogP contribution in [0.15, 0.2) is 24.3 Å². The van der Waals surface area contributed by atoms with Gasteiger partial charge in [0.15, 0.2) is 0 Å². The van der Waals surface area contributed by atoms with Crippen molar-refractivity contribution in [3.05, 3.63) is 35.4 Å². The average Bonchev–Trinajstić information content (AvgIpc) is 2.63. The largest absolute Gasteiger partial charge is 0.393 e. The van der Waals surface area contributed by atoms with Gasteiger partial charge in [-0.2, -0.15) is 0 Å². The highest BCUT2D eigenvalue weighted by Gasteiger charge is 2.26. The van der Waals surface area contributed by atoms with E-state index in [1.54, 1.807) is 0 Å². The molecular formula is C17H24O2. The standard InChI is InChI=1S/C17H24O2/c18-15-7-3-1-5-13(11-15)12-17-16-8-4-2-6-14(16)9-10-19-17/h2,4,6,8,13,15,17-18H,1,3,5,7,9-12H2. The summed E-state index contributed by atoms with van der Waals surface area (Å²) in [7, 11) is 0. The molecule has 104 valence electrons. The van der Waals surface area contributed by atoms with Gasteiger partial charge in [0.2, 0.25) is 0 Å². The van der Waals surface area contributed by atoms with Crippen molar-refractivity contribution in [3.8, 4) is 0 Å². The Morgan fingerprint density at radius 1 is 1.16 bits per heavy atom. The first kappa shape index (κ1) is 13.1. The number of fused-ring (bicyclic) bond motifs is 1. The van der Waals surface area contributed by atoms with Gasteiger partial charge in [-0.1, -0.05) is 43.5 Å². The van der Waals surface area contributed by atoms with Crippen molar-refractivity contribution < 1.29 is 9.84 Å². The van der Waals surface area contributed by atoms with Crippen molar-refractivity contribution in [3.63, 3.8) is 0 Å². The Kier molecular flexibility index (Phi) is 4.19. The van der Waals surface area contributed by atoms with Crippen molar-refractivity contribution in [2.75, 3.05) is 6.61 Å². The molecule has 0 aromatic heterocycles. The number of rotatable bonds is 2. The Labute approximate surface area is 115 Å². The molecule has 1 fully saturated rings. The van der Waals surface area contributed by atoms with E-state index in [1.165, 1.54) is 30.4 Å². The Hall–Kier alpha value is -0.860. The second-order valence-corrected chi connectivity index (χ2v) is 6.08. The summed E-state index contributed by atoms with van der Waals surface area (Å²) in [5, 5.41) is 9.94. The Balaban J connectivity index is 1.70. The van der Waals surface area contributed by atoms with E-state index in [0.717, 1.165) is 32.3 Å². The summed E-state index contributed by atoms with van der Waals surface area (Å²) in [6.45, 7) is 0.844. The zero-order valence-electron chi connectivity index (χ0n) is 11.6. The van der Waals surface area contributed by atoms with Gasteiger partial charge in [-0.05, 0) is 42.7 Å². The minimum Gasteiger partial charge on any atom is -0.393 e. The summed E-state index contributed by atoms with van der Waals surface area (Å²) in [4.78, 5) is 0. The minimum absolute atomic E-state index is 0.0914. The van der Waals surface area contributed by atoms with E-state index >= 15 is 0 Å². The first-order chi connectivity index (χ1) is 9.33. The lowest BCUT2D eigenvalue weighted by Crippen LogP contribution is -2.20. The van der Waals surface area contributed by atoms with Crippen LogP contribution in [0.2, 0.25) is 0 Å². The molecule has 3 rings (SSSR count). The maximum Gasteiger partial charge on any atom is 0.0830 e. The van der Waals surface area contributed by atoms with Crippen LogP contribution in [0.3, 0.4) is 0 Å². The highest BCUT2D eigenvalue weighted by Crippen LogP contribution is 2.36. The maximum absolute atomic E-state index is 9.94. The van der Waals surface area contributed by atoms with Crippen molar-refractivity contribution in [1.29, 1.82) is 0 Å². The molecular weight excluding hydrogens is 236 g/mol. The number of benzene rings is 1. The molecule has 1 aliphatic heterocycles. The number of hydrogen-bond acceptors (Lipinski definition) is 2. The third-order valence-electron chi connectivity index (χ3n) is 4.64. The molecule has 2 heteroatoms. The highest BCUT2D eigenvalue weighted by molar-refractivity contribution is 5.30. The summed E-state index contributed by atoms with van der Waals surface area (Å²) in [5.41, 5.74) is 2.83. The molecule has 1 heterocycles. The first-order valence-corrected chi connectivity index (χ1v) is 7.70. The van der Waals surface area contributed by atoms with Crippen LogP contribution < -0.4 is 0 Å². The van der Waals surface area contributed by atoms with E-state index in [2.05, 4.69) is 24.3 Å². The lowest BCUT2D eigenvalue weighted by atomic mass is 9.87. The molecule has 1 aliphatic carbocycles. The van der Waals surface area contributed by atoms with Gasteiger partial charge >= 0.3 is 0 Å². The van der Waals surface area contributed by atoms with Crippen LogP contribution in [-0.2, 0) is 11.2 Å².